The number of benzene rings is 1. The molecule has 2 heterocycles. The summed E-state index contributed by atoms with van der Waals surface area (Å²) in [4.78, 5) is 41.7. The van der Waals surface area contributed by atoms with E-state index >= 15 is 0 Å². The minimum atomic E-state index is -0.566. The van der Waals surface area contributed by atoms with Crippen molar-refractivity contribution < 1.29 is 4.79 Å². The molecule has 2 N–H and O–H groups in total. The highest BCUT2D eigenvalue weighted by molar-refractivity contribution is 5.78. The second kappa shape index (κ2) is 7.65. The Balaban J connectivity index is 1.62. The standard InChI is InChI=1S/C18H24N4O3/c1-13(11-21-8-4-5-9-21)10-19-16(23)12-22-17(24)14-6-2-3-7-15(14)20-18(22)25/h2-3,6-7,13H,4-5,8-12H2,1H3,(H,19,23)(H,20,25)/t13-/m1/s1. The number of carbonyl (C=O) groups is 1. The maximum atomic E-state index is 12.4. The number of carbonyl (C=O) groups excluding carboxylic acids is 1. The lowest BCUT2D eigenvalue weighted by molar-refractivity contribution is -0.121. The summed E-state index contributed by atoms with van der Waals surface area (Å²) in [6.07, 6.45) is 2.49. The van der Waals surface area contributed by atoms with Crippen molar-refractivity contribution in [2.24, 2.45) is 5.92 Å². The second-order valence-corrected chi connectivity index (χ2v) is 6.78. The summed E-state index contributed by atoms with van der Waals surface area (Å²) in [6, 6.07) is 6.78. The Morgan fingerprint density at radius 2 is 1.96 bits per heavy atom. The van der Waals surface area contributed by atoms with Crippen LogP contribution in [0.5, 0.6) is 0 Å². The number of aromatic nitrogens is 2. The summed E-state index contributed by atoms with van der Waals surface area (Å²) in [5.74, 6) is 0.00446. The summed E-state index contributed by atoms with van der Waals surface area (Å²) < 4.78 is 0.947. The predicted molar refractivity (Wildman–Crippen MR) is 96.7 cm³/mol. The molecule has 134 valence electrons. The van der Waals surface area contributed by atoms with E-state index < -0.39 is 11.2 Å². The first-order valence-corrected chi connectivity index (χ1v) is 8.75. The van der Waals surface area contributed by atoms with Gasteiger partial charge in [0.25, 0.3) is 5.56 Å². The molecule has 1 saturated heterocycles. The third kappa shape index (κ3) is 4.17. The molecule has 7 nitrogen and oxygen atoms in total. The van der Waals surface area contributed by atoms with Crippen LogP contribution in [0.3, 0.4) is 0 Å². The number of nitrogens with one attached hydrogen (secondary N) is 2. The predicted octanol–water partition coefficient (Wildman–Crippen LogP) is 0.538. The van der Waals surface area contributed by atoms with E-state index in [1.807, 2.05) is 0 Å². The lowest BCUT2D eigenvalue weighted by atomic mass is 10.1. The van der Waals surface area contributed by atoms with Crippen LogP contribution in [-0.4, -0.2) is 46.5 Å². The van der Waals surface area contributed by atoms with E-state index in [1.165, 1.54) is 12.8 Å². The molecule has 0 aliphatic carbocycles. The first kappa shape index (κ1) is 17.4. The molecule has 2 aromatic rings. The zero-order chi connectivity index (χ0) is 17.8. The van der Waals surface area contributed by atoms with Crippen molar-refractivity contribution in [2.45, 2.75) is 26.3 Å². The van der Waals surface area contributed by atoms with E-state index in [0.29, 0.717) is 23.4 Å². The second-order valence-electron chi connectivity index (χ2n) is 6.78. The Labute approximate surface area is 145 Å². The van der Waals surface area contributed by atoms with Crippen LogP contribution in [-0.2, 0) is 11.3 Å². The number of para-hydroxylation sites is 1. The molecule has 3 rings (SSSR count). The average Bonchev–Trinajstić information content (AvgIpc) is 3.10. The third-order valence-corrected chi connectivity index (χ3v) is 4.61. The zero-order valence-corrected chi connectivity index (χ0v) is 14.5. The van der Waals surface area contributed by atoms with Crippen molar-refractivity contribution in [3.8, 4) is 0 Å². The lowest BCUT2D eigenvalue weighted by Crippen LogP contribution is -2.42. The molecule has 1 aromatic carbocycles. The summed E-state index contributed by atoms with van der Waals surface area (Å²) in [6.45, 7) is 5.57. The summed E-state index contributed by atoms with van der Waals surface area (Å²) >= 11 is 0. The molecule has 1 atom stereocenters. The summed E-state index contributed by atoms with van der Waals surface area (Å²) in [7, 11) is 0. The number of H-pyrrole nitrogens is 1. The number of aromatic amines is 1. The average molecular weight is 344 g/mol. The van der Waals surface area contributed by atoms with Crippen molar-refractivity contribution in [3.63, 3.8) is 0 Å². The van der Waals surface area contributed by atoms with Gasteiger partial charge in [0.15, 0.2) is 0 Å². The van der Waals surface area contributed by atoms with Gasteiger partial charge < -0.3 is 15.2 Å². The third-order valence-electron chi connectivity index (χ3n) is 4.61. The fraction of sp³-hybridized carbons (Fsp3) is 0.500. The van der Waals surface area contributed by atoms with Gasteiger partial charge in [-0.05, 0) is 44.0 Å². The van der Waals surface area contributed by atoms with Crippen molar-refractivity contribution >= 4 is 16.8 Å². The quantitative estimate of drug-likeness (QED) is 0.801. The van der Waals surface area contributed by atoms with Crippen LogP contribution in [0, 0.1) is 5.92 Å². The molecular weight excluding hydrogens is 320 g/mol. The largest absolute Gasteiger partial charge is 0.354 e. The summed E-state index contributed by atoms with van der Waals surface area (Å²) in [5.41, 5.74) is -0.531. The van der Waals surface area contributed by atoms with Crippen LogP contribution in [0.2, 0.25) is 0 Å². The maximum absolute atomic E-state index is 12.4. The molecular formula is C18H24N4O3. The molecule has 0 spiro atoms. The Morgan fingerprint density at radius 3 is 2.72 bits per heavy atom. The number of fused-ring (bicyclic) bond motifs is 1. The van der Waals surface area contributed by atoms with Crippen LogP contribution in [0.15, 0.2) is 33.9 Å². The number of likely N-dealkylation sites (tertiary alicyclic amines) is 1. The van der Waals surface area contributed by atoms with Crippen molar-refractivity contribution in [1.82, 2.24) is 19.8 Å². The highest BCUT2D eigenvalue weighted by Gasteiger charge is 2.16. The Hall–Kier alpha value is -2.41. The Morgan fingerprint density at radius 1 is 1.24 bits per heavy atom. The van der Waals surface area contributed by atoms with E-state index in [2.05, 4.69) is 22.1 Å². The number of nitrogens with zero attached hydrogens (tertiary/aromatic N) is 2. The molecule has 1 fully saturated rings. The van der Waals surface area contributed by atoms with Gasteiger partial charge in [0.1, 0.15) is 6.54 Å². The molecule has 0 unspecified atom stereocenters. The monoisotopic (exact) mass is 344 g/mol. The van der Waals surface area contributed by atoms with E-state index in [-0.39, 0.29) is 12.5 Å². The highest BCUT2D eigenvalue weighted by atomic mass is 16.2. The van der Waals surface area contributed by atoms with E-state index in [4.69, 9.17) is 0 Å². The molecule has 7 heteroatoms. The van der Waals surface area contributed by atoms with Gasteiger partial charge in [-0.25, -0.2) is 4.79 Å². The molecule has 25 heavy (non-hydrogen) atoms. The van der Waals surface area contributed by atoms with Crippen molar-refractivity contribution in [2.75, 3.05) is 26.2 Å². The minimum Gasteiger partial charge on any atom is -0.354 e. The first-order chi connectivity index (χ1) is 12.0. The van der Waals surface area contributed by atoms with Gasteiger partial charge in [-0.2, -0.15) is 0 Å². The number of hydrogen-bond acceptors (Lipinski definition) is 4. The fourth-order valence-electron chi connectivity index (χ4n) is 3.30. The highest BCUT2D eigenvalue weighted by Crippen LogP contribution is 2.09. The van der Waals surface area contributed by atoms with E-state index in [9.17, 15) is 14.4 Å². The smallest absolute Gasteiger partial charge is 0.329 e. The zero-order valence-electron chi connectivity index (χ0n) is 14.5. The summed E-state index contributed by atoms with van der Waals surface area (Å²) in [5, 5.41) is 3.23. The number of hydrogen-bond donors (Lipinski definition) is 2. The van der Waals surface area contributed by atoms with Crippen LogP contribution in [0.25, 0.3) is 10.9 Å². The Bertz CT molecular complexity index is 864. The number of amides is 1. The van der Waals surface area contributed by atoms with Crippen LogP contribution >= 0.6 is 0 Å². The molecule has 1 aliphatic rings. The number of rotatable bonds is 6. The van der Waals surface area contributed by atoms with E-state index in [1.54, 1.807) is 24.3 Å². The van der Waals surface area contributed by atoms with Gasteiger partial charge in [0.05, 0.1) is 10.9 Å². The van der Waals surface area contributed by atoms with Crippen LogP contribution < -0.4 is 16.6 Å². The van der Waals surface area contributed by atoms with Gasteiger partial charge in [-0.15, -0.1) is 0 Å². The van der Waals surface area contributed by atoms with Gasteiger partial charge in [-0.3, -0.25) is 14.2 Å². The van der Waals surface area contributed by atoms with Gasteiger partial charge in [0.2, 0.25) is 5.91 Å². The normalized spacial score (nSPS) is 16.2. The van der Waals surface area contributed by atoms with Crippen molar-refractivity contribution in [3.05, 3.63) is 45.1 Å². The maximum Gasteiger partial charge on any atom is 0.329 e. The Kier molecular flexibility index (Phi) is 5.33. The molecule has 1 aliphatic heterocycles. The van der Waals surface area contributed by atoms with Gasteiger partial charge in [-0.1, -0.05) is 19.1 Å². The van der Waals surface area contributed by atoms with Gasteiger partial charge >= 0.3 is 5.69 Å². The molecule has 0 bridgehead atoms. The SMILES string of the molecule is C[C@H](CNC(=O)Cn1c(=O)[nH]c2ccccc2c1=O)CN1CCCC1. The van der Waals surface area contributed by atoms with Crippen LogP contribution in [0.1, 0.15) is 19.8 Å². The minimum absolute atomic E-state index is 0.268. The molecule has 0 saturated carbocycles. The molecule has 1 amide bonds. The topological polar surface area (TPSA) is 87.2 Å². The lowest BCUT2D eigenvalue weighted by Gasteiger charge is -2.20. The fourth-order valence-corrected chi connectivity index (χ4v) is 3.30. The molecule has 1 aromatic heterocycles. The molecule has 0 radical (unpaired) electrons. The van der Waals surface area contributed by atoms with Crippen LogP contribution in [0.4, 0.5) is 0 Å². The van der Waals surface area contributed by atoms with Crippen molar-refractivity contribution in [1.29, 1.82) is 0 Å². The van der Waals surface area contributed by atoms with Gasteiger partial charge in [0, 0.05) is 13.1 Å². The first-order valence-electron chi connectivity index (χ1n) is 8.75. The van der Waals surface area contributed by atoms with E-state index in [0.717, 1.165) is 24.2 Å².